The number of anilines is 1. The van der Waals surface area contributed by atoms with Crippen LogP contribution in [-0.2, 0) is 4.84 Å². The number of rotatable bonds is 2. The lowest BCUT2D eigenvalue weighted by Crippen LogP contribution is -2.32. The van der Waals surface area contributed by atoms with Crippen molar-refractivity contribution >= 4 is 11.7 Å². The first-order valence-corrected chi connectivity index (χ1v) is 5.22. The number of carbonyl (C=O) groups excluding carboxylic acids is 1. The highest BCUT2D eigenvalue weighted by atomic mass is 16.7. The first kappa shape index (κ1) is 11.7. The van der Waals surface area contributed by atoms with Crippen LogP contribution in [0.2, 0.25) is 0 Å². The molecule has 0 bridgehead atoms. The Hall–Kier alpha value is -1.79. The van der Waals surface area contributed by atoms with Crippen LogP contribution in [-0.4, -0.2) is 42.6 Å². The van der Waals surface area contributed by atoms with E-state index in [4.69, 9.17) is 9.57 Å². The van der Waals surface area contributed by atoms with Gasteiger partial charge in [-0.25, -0.2) is 9.86 Å². The number of hydrogen-bond acceptors (Lipinski definition) is 4. The van der Waals surface area contributed by atoms with Gasteiger partial charge >= 0.3 is 6.03 Å². The number of amides is 2. The van der Waals surface area contributed by atoms with Gasteiger partial charge in [-0.15, -0.1) is 0 Å². The average Bonchev–Trinajstić information content (AvgIpc) is 2.76. The number of hydroxylamine groups is 2. The van der Waals surface area contributed by atoms with Crippen molar-refractivity contribution < 1.29 is 19.5 Å². The molecule has 1 atom stereocenters. The van der Waals surface area contributed by atoms with Gasteiger partial charge in [-0.3, -0.25) is 4.84 Å². The van der Waals surface area contributed by atoms with Gasteiger partial charge in [0.15, 0.2) is 0 Å². The average molecular weight is 238 g/mol. The van der Waals surface area contributed by atoms with Gasteiger partial charge in [-0.1, -0.05) is 6.07 Å². The van der Waals surface area contributed by atoms with E-state index in [-0.39, 0.29) is 13.2 Å². The van der Waals surface area contributed by atoms with Crippen molar-refractivity contribution in [2.24, 2.45) is 0 Å². The highest BCUT2D eigenvalue weighted by Crippen LogP contribution is 2.17. The standard InChI is InChI=1S/C11H14N2O4/c1-16-10-4-2-3-8(5-10)12-11(15)13-6-9(14)7-17-13/h2-5,9,14H,6-7H2,1H3,(H,12,15)/t9-/m0/s1. The van der Waals surface area contributed by atoms with Crippen LogP contribution in [0.3, 0.4) is 0 Å². The number of β-amino-alcohol motifs (C(OH)–C–C–N with tert-alkyl or cyclic N) is 1. The smallest absolute Gasteiger partial charge is 0.345 e. The predicted molar refractivity (Wildman–Crippen MR) is 60.7 cm³/mol. The Bertz CT molecular complexity index is 410. The van der Waals surface area contributed by atoms with E-state index in [0.29, 0.717) is 11.4 Å². The summed E-state index contributed by atoms with van der Waals surface area (Å²) in [5.41, 5.74) is 0.610. The SMILES string of the molecule is COc1cccc(NC(=O)N2C[C@H](O)CO2)c1. The summed E-state index contributed by atoms with van der Waals surface area (Å²) in [6.07, 6.45) is -0.619. The number of carbonyl (C=O) groups is 1. The summed E-state index contributed by atoms with van der Waals surface area (Å²) in [4.78, 5) is 16.7. The molecule has 0 saturated carbocycles. The molecule has 17 heavy (non-hydrogen) atoms. The number of nitrogens with one attached hydrogen (secondary N) is 1. The molecule has 1 fully saturated rings. The summed E-state index contributed by atoms with van der Waals surface area (Å²) >= 11 is 0. The van der Waals surface area contributed by atoms with Gasteiger partial charge < -0.3 is 15.2 Å². The molecule has 2 rings (SSSR count). The quantitative estimate of drug-likeness (QED) is 0.800. The highest BCUT2D eigenvalue weighted by Gasteiger charge is 2.26. The highest BCUT2D eigenvalue weighted by molar-refractivity contribution is 5.88. The molecule has 0 aliphatic carbocycles. The van der Waals surface area contributed by atoms with Gasteiger partial charge in [0, 0.05) is 11.8 Å². The van der Waals surface area contributed by atoms with Crippen LogP contribution in [0.15, 0.2) is 24.3 Å². The Morgan fingerprint density at radius 3 is 3.12 bits per heavy atom. The van der Waals surface area contributed by atoms with E-state index in [0.717, 1.165) is 5.06 Å². The predicted octanol–water partition coefficient (Wildman–Crippen LogP) is 0.835. The van der Waals surface area contributed by atoms with Gasteiger partial charge in [0.05, 0.1) is 13.7 Å². The van der Waals surface area contributed by atoms with Crippen molar-refractivity contribution in [1.82, 2.24) is 5.06 Å². The molecule has 0 spiro atoms. The number of aliphatic hydroxyl groups is 1. The lowest BCUT2D eigenvalue weighted by Gasteiger charge is -2.15. The van der Waals surface area contributed by atoms with Crippen LogP contribution >= 0.6 is 0 Å². The summed E-state index contributed by atoms with van der Waals surface area (Å²) in [6.45, 7) is 0.321. The largest absolute Gasteiger partial charge is 0.497 e. The third kappa shape index (κ3) is 2.86. The van der Waals surface area contributed by atoms with Crippen molar-refractivity contribution in [3.8, 4) is 5.75 Å². The lowest BCUT2D eigenvalue weighted by molar-refractivity contribution is -0.0631. The molecule has 1 aliphatic heterocycles. The lowest BCUT2D eigenvalue weighted by atomic mass is 10.3. The molecule has 1 aliphatic rings. The number of hydrogen-bond donors (Lipinski definition) is 2. The molecule has 1 aromatic rings. The number of nitrogens with zero attached hydrogens (tertiary/aromatic N) is 1. The van der Waals surface area contributed by atoms with Crippen LogP contribution in [0.4, 0.5) is 10.5 Å². The van der Waals surface area contributed by atoms with E-state index in [9.17, 15) is 9.90 Å². The third-order valence-corrected chi connectivity index (χ3v) is 2.35. The van der Waals surface area contributed by atoms with Gasteiger partial charge in [0.1, 0.15) is 18.5 Å². The van der Waals surface area contributed by atoms with E-state index in [1.165, 1.54) is 0 Å². The monoisotopic (exact) mass is 238 g/mol. The normalized spacial score (nSPS) is 19.2. The molecule has 0 aromatic heterocycles. The Balaban J connectivity index is 1.98. The topological polar surface area (TPSA) is 71.0 Å². The summed E-state index contributed by atoms with van der Waals surface area (Å²) in [6, 6.07) is 6.59. The number of aliphatic hydroxyl groups excluding tert-OH is 1. The first-order chi connectivity index (χ1) is 8.19. The fourth-order valence-electron chi connectivity index (χ4n) is 1.50. The second kappa shape index (κ2) is 5.03. The van der Waals surface area contributed by atoms with Crippen LogP contribution in [0.1, 0.15) is 0 Å². The molecule has 2 amide bonds. The summed E-state index contributed by atoms with van der Waals surface area (Å²) in [5, 5.41) is 13.0. The Morgan fingerprint density at radius 2 is 2.47 bits per heavy atom. The van der Waals surface area contributed by atoms with E-state index in [1.807, 2.05) is 0 Å². The van der Waals surface area contributed by atoms with Gasteiger partial charge in [-0.05, 0) is 12.1 Å². The Morgan fingerprint density at radius 1 is 1.65 bits per heavy atom. The number of urea groups is 1. The molecule has 1 heterocycles. The third-order valence-electron chi connectivity index (χ3n) is 2.35. The minimum Gasteiger partial charge on any atom is -0.497 e. The van der Waals surface area contributed by atoms with Crippen LogP contribution in [0.5, 0.6) is 5.75 Å². The van der Waals surface area contributed by atoms with Crippen molar-refractivity contribution in [2.45, 2.75) is 6.10 Å². The molecule has 2 N–H and O–H groups in total. The molecule has 0 radical (unpaired) electrons. The Kier molecular flexibility index (Phi) is 3.46. The zero-order chi connectivity index (χ0) is 12.3. The van der Waals surface area contributed by atoms with Crippen molar-refractivity contribution in [3.05, 3.63) is 24.3 Å². The van der Waals surface area contributed by atoms with Gasteiger partial charge in [0.2, 0.25) is 0 Å². The molecule has 1 saturated heterocycles. The second-order valence-corrected chi connectivity index (χ2v) is 3.67. The number of benzene rings is 1. The van der Waals surface area contributed by atoms with Crippen LogP contribution < -0.4 is 10.1 Å². The summed E-state index contributed by atoms with van der Waals surface area (Å²) in [7, 11) is 1.56. The molecule has 6 nitrogen and oxygen atoms in total. The second-order valence-electron chi connectivity index (χ2n) is 3.67. The van der Waals surface area contributed by atoms with Crippen molar-refractivity contribution in [2.75, 3.05) is 25.6 Å². The maximum Gasteiger partial charge on any atom is 0.345 e. The maximum absolute atomic E-state index is 11.7. The van der Waals surface area contributed by atoms with Gasteiger partial charge in [0.25, 0.3) is 0 Å². The van der Waals surface area contributed by atoms with Crippen molar-refractivity contribution in [3.63, 3.8) is 0 Å². The maximum atomic E-state index is 11.7. The zero-order valence-electron chi connectivity index (χ0n) is 9.42. The summed E-state index contributed by atoms with van der Waals surface area (Å²) in [5.74, 6) is 0.658. The molecule has 1 aromatic carbocycles. The van der Waals surface area contributed by atoms with E-state index in [2.05, 4.69) is 5.32 Å². The molecule has 6 heteroatoms. The summed E-state index contributed by atoms with van der Waals surface area (Å²) < 4.78 is 5.04. The van der Waals surface area contributed by atoms with E-state index in [1.54, 1.807) is 31.4 Å². The molecular weight excluding hydrogens is 224 g/mol. The van der Waals surface area contributed by atoms with Crippen LogP contribution in [0, 0.1) is 0 Å². The van der Waals surface area contributed by atoms with E-state index < -0.39 is 12.1 Å². The Labute approximate surface area is 98.7 Å². The van der Waals surface area contributed by atoms with Crippen molar-refractivity contribution in [1.29, 1.82) is 0 Å². The number of ether oxygens (including phenoxy) is 1. The van der Waals surface area contributed by atoms with Crippen LogP contribution in [0.25, 0.3) is 0 Å². The fraction of sp³-hybridized carbons (Fsp3) is 0.364. The number of methoxy groups -OCH3 is 1. The molecular formula is C11H14N2O4. The molecule has 92 valence electrons. The van der Waals surface area contributed by atoms with Gasteiger partial charge in [-0.2, -0.15) is 0 Å². The minimum absolute atomic E-state index is 0.144. The fourth-order valence-corrected chi connectivity index (χ4v) is 1.50. The zero-order valence-corrected chi connectivity index (χ0v) is 9.42. The van der Waals surface area contributed by atoms with E-state index >= 15 is 0 Å². The molecule has 0 unspecified atom stereocenters. The minimum atomic E-state index is -0.619. The first-order valence-electron chi connectivity index (χ1n) is 5.22.